The Morgan fingerprint density at radius 2 is 0.718 bits per heavy atom. The average Bonchev–Trinajstić information content (AvgIpc) is 1.67. The van der Waals surface area contributed by atoms with Crippen LogP contribution in [-0.4, -0.2) is 106 Å². The number of benzene rings is 4. The van der Waals surface area contributed by atoms with Crippen molar-refractivity contribution in [1.29, 1.82) is 0 Å². The minimum Gasteiger partial charge on any atom is -0.455 e. The predicted molar refractivity (Wildman–Crippen MR) is 401 cm³/mol. The van der Waals surface area contributed by atoms with Crippen LogP contribution < -0.4 is 84.2 Å². The molecule has 32 heteroatoms. The van der Waals surface area contributed by atoms with Crippen LogP contribution in [0.3, 0.4) is 0 Å². The summed E-state index contributed by atoms with van der Waals surface area (Å²) in [5.74, 6) is 4.06. The first-order valence-corrected chi connectivity index (χ1v) is 31.3. The summed E-state index contributed by atoms with van der Waals surface area (Å²) in [6, 6.07) is 33.7. The van der Waals surface area contributed by atoms with Gasteiger partial charge in [-0.15, -0.1) is 0 Å². The number of imidazole rings is 4. The molecule has 544 valence electrons. The van der Waals surface area contributed by atoms with Crippen LogP contribution in [0, 0.1) is 0 Å². The van der Waals surface area contributed by atoms with Gasteiger partial charge in [-0.3, -0.25) is 28.2 Å². The maximum absolute atomic E-state index is 12.1. The SMILES string of the molecule is C.C.C.CC(C)NC(=O)Nc1cccc(Oc2ccnc3[nH]c(=O)[nH]c23)c1.CC(C)NC(=O)Nc1cccc(Oc2ccnc3[nH]c(=O)n(C)c23)c1.CC(C)NC(=O)Nc1cccc(Oc2ccnc3c2[nH]c(=O)n3C)c1.CC(C)NC(=O)Nc1cccc(Oc2ccnc3c2n(C)c(=O)n3C)c1. The van der Waals surface area contributed by atoms with Crippen LogP contribution in [0.1, 0.15) is 77.7 Å². The number of aromatic amines is 4. The van der Waals surface area contributed by atoms with Gasteiger partial charge in [0.15, 0.2) is 45.6 Å². The lowest BCUT2D eigenvalue weighted by molar-refractivity contribution is 0.249. The van der Waals surface area contributed by atoms with Crippen LogP contribution >= 0.6 is 0 Å². The highest BCUT2D eigenvalue weighted by molar-refractivity contribution is 5.92. The van der Waals surface area contributed by atoms with Gasteiger partial charge < -0.3 is 71.4 Å². The van der Waals surface area contributed by atoms with Gasteiger partial charge in [0.2, 0.25) is 0 Å². The normalized spacial score (nSPS) is 10.6. The van der Waals surface area contributed by atoms with Crippen LogP contribution in [0.15, 0.2) is 165 Å². The Morgan fingerprint density at radius 1 is 0.369 bits per heavy atom. The van der Waals surface area contributed by atoms with E-state index >= 15 is 0 Å². The van der Waals surface area contributed by atoms with E-state index in [9.17, 15) is 38.4 Å². The molecule has 4 aromatic carbocycles. The second-order valence-electron chi connectivity index (χ2n) is 23.5. The molecule has 12 N–H and O–H groups in total. The number of ether oxygens (including phenoxy) is 4. The molecule has 0 saturated carbocycles. The number of carbonyl (C=O) groups excluding carboxylic acids is 4. The van der Waals surface area contributed by atoms with Gasteiger partial charge in [-0.1, -0.05) is 46.5 Å². The molecule has 0 radical (unpaired) electrons. The third-order valence-electron chi connectivity index (χ3n) is 13.9. The van der Waals surface area contributed by atoms with Gasteiger partial charge in [0.1, 0.15) is 45.1 Å². The largest absolute Gasteiger partial charge is 0.455 e. The van der Waals surface area contributed by atoms with Gasteiger partial charge >= 0.3 is 46.9 Å². The molecule has 0 aliphatic heterocycles. The lowest BCUT2D eigenvalue weighted by atomic mass is 10.3. The molecule has 12 rings (SSSR count). The van der Waals surface area contributed by atoms with E-state index in [1.165, 1.54) is 18.3 Å². The number of urea groups is 4. The number of hydrogen-bond acceptors (Lipinski definition) is 16. The van der Waals surface area contributed by atoms with E-state index in [0.717, 1.165) is 0 Å². The van der Waals surface area contributed by atoms with Crippen molar-refractivity contribution in [3.63, 3.8) is 0 Å². The van der Waals surface area contributed by atoms with Crippen molar-refractivity contribution in [3.05, 3.63) is 188 Å². The maximum Gasteiger partial charge on any atom is 0.329 e. The minimum atomic E-state index is -0.352. The van der Waals surface area contributed by atoms with E-state index in [1.807, 2.05) is 55.4 Å². The van der Waals surface area contributed by atoms with Crippen molar-refractivity contribution in [1.82, 2.24) is 79.4 Å². The molecule has 32 nitrogen and oxygen atoms in total. The summed E-state index contributed by atoms with van der Waals surface area (Å²) < 4.78 is 29.3. The highest BCUT2D eigenvalue weighted by atomic mass is 16.5. The molecular formula is C71H88N20O12. The molecular weight excluding hydrogens is 1320 g/mol. The first-order chi connectivity index (χ1) is 47.7. The third kappa shape index (κ3) is 20.9. The number of fused-ring (bicyclic) bond motifs is 4. The first kappa shape index (κ1) is 78.8. The molecule has 8 amide bonds. The fourth-order valence-corrected chi connectivity index (χ4v) is 9.65. The number of hydrogen-bond donors (Lipinski definition) is 12. The first-order valence-electron chi connectivity index (χ1n) is 31.3. The number of aryl methyl sites for hydroxylation is 4. The molecule has 8 heterocycles. The Hall–Kier alpha value is -13.2. The van der Waals surface area contributed by atoms with Crippen molar-refractivity contribution < 1.29 is 38.1 Å². The van der Waals surface area contributed by atoms with Crippen LogP contribution in [0.4, 0.5) is 41.9 Å². The van der Waals surface area contributed by atoms with Gasteiger partial charge in [0, 0.05) is 148 Å². The zero-order chi connectivity index (χ0) is 71.9. The van der Waals surface area contributed by atoms with Gasteiger partial charge in [-0.25, -0.2) is 58.3 Å². The Morgan fingerprint density at radius 3 is 1.14 bits per heavy atom. The van der Waals surface area contributed by atoms with Gasteiger partial charge in [-0.2, -0.15) is 0 Å². The van der Waals surface area contributed by atoms with E-state index in [-0.39, 0.29) is 93.3 Å². The standard InChI is InChI=1S/C18H21N5O3.2C17H19N5O3.C16H17N5O3.3CH4/c1-11(2)20-17(24)21-12-6-5-7-13(10-12)26-14-8-9-19-16-15(14)22(3)18(25)23(16)4;1-10(2)19-16(23)20-11-5-4-6-12(9-11)25-13-7-8-18-15-14(13)22(3)17(24)21-15;1-10(2)19-16(23)20-11-5-4-6-12(9-11)25-13-7-8-18-15-14(13)21-17(24)22(15)3;1-9(2)18-15(22)19-10-4-3-5-11(8-10)24-12-6-7-17-14-13(12)20-16(23)21-14;;;/h5-11H,1-4H3,(H2,20,21,24);4-10H,1-3H3,(H,18,21,24)(H2,19,20,23);4-10H,1-3H3,(H,21,24)(H2,19,20,23);3-9H,1-2H3,(H2,18,19,22)(H2,17,20,21,23);3*1H4. The lowest BCUT2D eigenvalue weighted by Crippen LogP contribution is -2.34. The Labute approximate surface area is 592 Å². The van der Waals surface area contributed by atoms with Gasteiger partial charge in [0.25, 0.3) is 0 Å². The topological polar surface area (TPSA) is 404 Å². The number of nitrogens with one attached hydrogen (secondary N) is 12. The number of anilines is 4. The Balaban J connectivity index is 0.000000214. The van der Waals surface area contributed by atoms with Crippen LogP contribution in [0.25, 0.3) is 44.7 Å². The molecule has 0 fully saturated rings. The molecule has 0 aliphatic rings. The highest BCUT2D eigenvalue weighted by Gasteiger charge is 2.18. The fraction of sp³-hybridized carbons (Fsp3) is 0.268. The second-order valence-corrected chi connectivity index (χ2v) is 23.5. The fourth-order valence-electron chi connectivity index (χ4n) is 9.65. The van der Waals surface area contributed by atoms with Crippen molar-refractivity contribution >= 4 is 91.5 Å². The summed E-state index contributed by atoms with van der Waals surface area (Å²) in [7, 11) is 6.62. The maximum atomic E-state index is 12.1. The van der Waals surface area contributed by atoms with Crippen LogP contribution in [0.5, 0.6) is 46.0 Å². The van der Waals surface area contributed by atoms with Crippen molar-refractivity contribution in [2.75, 3.05) is 21.3 Å². The number of H-pyrrole nitrogens is 4. The summed E-state index contributed by atoms with van der Waals surface area (Å²) in [6.45, 7) is 15.1. The van der Waals surface area contributed by atoms with E-state index in [0.29, 0.717) is 113 Å². The number of aromatic nitrogens is 12. The van der Waals surface area contributed by atoms with Crippen LogP contribution in [-0.2, 0) is 28.2 Å². The van der Waals surface area contributed by atoms with E-state index in [1.54, 1.807) is 174 Å². The molecule has 0 spiro atoms. The number of carbonyl (C=O) groups is 4. The molecule has 0 saturated heterocycles. The third-order valence-corrected chi connectivity index (χ3v) is 13.9. The Kier molecular flexibility index (Phi) is 27.2. The molecule has 8 aromatic heterocycles. The zero-order valence-corrected chi connectivity index (χ0v) is 56.6. The minimum absolute atomic E-state index is 0. The molecule has 0 aliphatic carbocycles. The quantitative estimate of drug-likeness (QED) is 0.0427. The monoisotopic (exact) mass is 1410 g/mol. The Bertz CT molecular complexity index is 5170. The van der Waals surface area contributed by atoms with Gasteiger partial charge in [-0.05, 0) is 104 Å². The van der Waals surface area contributed by atoms with Gasteiger partial charge in [0.05, 0.1) is 0 Å². The number of nitrogens with zero attached hydrogens (tertiary/aromatic N) is 8. The highest BCUT2D eigenvalue weighted by Crippen LogP contribution is 2.33. The van der Waals surface area contributed by atoms with Crippen molar-refractivity contribution in [2.45, 2.75) is 102 Å². The van der Waals surface area contributed by atoms with Crippen molar-refractivity contribution in [2.24, 2.45) is 28.2 Å². The summed E-state index contributed by atoms with van der Waals surface area (Å²) in [5, 5.41) is 22.0. The number of amides is 8. The van der Waals surface area contributed by atoms with E-state index in [2.05, 4.69) is 82.4 Å². The lowest BCUT2D eigenvalue weighted by Gasteiger charge is -2.12. The summed E-state index contributed by atoms with van der Waals surface area (Å²) in [4.78, 5) is 121. The molecule has 0 atom stereocenters. The second kappa shape index (κ2) is 35.6. The molecule has 103 heavy (non-hydrogen) atoms. The molecule has 12 aromatic rings. The number of rotatable bonds is 16. The zero-order valence-electron chi connectivity index (χ0n) is 56.6. The van der Waals surface area contributed by atoms with Crippen molar-refractivity contribution in [3.8, 4) is 46.0 Å². The summed E-state index contributed by atoms with van der Waals surface area (Å²) in [6.07, 6.45) is 6.27. The van der Waals surface area contributed by atoms with E-state index in [4.69, 9.17) is 18.9 Å². The molecule has 0 bridgehead atoms. The van der Waals surface area contributed by atoms with Crippen LogP contribution in [0.2, 0.25) is 0 Å². The summed E-state index contributed by atoms with van der Waals surface area (Å²) in [5.41, 5.74) is 5.45. The molecule has 0 unspecified atom stereocenters. The predicted octanol–water partition coefficient (Wildman–Crippen LogP) is 12.2. The van der Waals surface area contributed by atoms with E-state index < -0.39 is 0 Å². The average molecular weight is 1410 g/mol. The smallest absolute Gasteiger partial charge is 0.329 e. The summed E-state index contributed by atoms with van der Waals surface area (Å²) >= 11 is 0. The number of pyridine rings is 4.